The zero-order chi connectivity index (χ0) is 25.9. The van der Waals surface area contributed by atoms with E-state index in [9.17, 15) is 18.6 Å². The van der Waals surface area contributed by atoms with Gasteiger partial charge in [0.25, 0.3) is 10.0 Å². The van der Waals surface area contributed by atoms with Gasteiger partial charge in [0.05, 0.1) is 17.6 Å². The molecule has 0 saturated heterocycles. The number of hydrogen-bond acceptors (Lipinski definition) is 9. The van der Waals surface area contributed by atoms with Gasteiger partial charge in [0, 0.05) is 31.6 Å². The lowest BCUT2D eigenvalue weighted by Crippen LogP contribution is -2.17. The maximum atomic E-state index is 13.3. The summed E-state index contributed by atoms with van der Waals surface area (Å²) in [6.45, 7) is 0.490. The van der Waals surface area contributed by atoms with E-state index in [1.54, 1.807) is 41.9 Å². The van der Waals surface area contributed by atoms with Gasteiger partial charge in [-0.3, -0.25) is 4.72 Å². The van der Waals surface area contributed by atoms with E-state index in [1.807, 2.05) is 25.1 Å². The summed E-state index contributed by atoms with van der Waals surface area (Å²) in [6, 6.07) is 11.9. The summed E-state index contributed by atoms with van der Waals surface area (Å²) in [6.07, 6.45) is 2.52. The summed E-state index contributed by atoms with van der Waals surface area (Å²) in [4.78, 5) is 15.3. The average Bonchev–Trinajstić information content (AvgIpc) is 3.19. The average molecular weight is 512 g/mol. The molecule has 0 amide bonds. The highest BCUT2D eigenvalue weighted by Gasteiger charge is 2.23. The van der Waals surface area contributed by atoms with Gasteiger partial charge in [0.15, 0.2) is 16.7 Å². The Morgan fingerprint density at radius 2 is 1.72 bits per heavy atom. The largest absolute Gasteiger partial charge is 0.508 e. The number of fused-ring (bicyclic) bond motifs is 1. The Hall–Kier alpha value is -3.74. The van der Waals surface area contributed by atoms with Gasteiger partial charge < -0.3 is 25.0 Å². The van der Waals surface area contributed by atoms with Crippen LogP contribution >= 0.6 is 0 Å². The van der Waals surface area contributed by atoms with Crippen molar-refractivity contribution in [3.8, 4) is 5.75 Å². The van der Waals surface area contributed by atoms with E-state index in [0.29, 0.717) is 41.9 Å². The van der Waals surface area contributed by atoms with Crippen LogP contribution in [0.4, 0.5) is 17.3 Å². The van der Waals surface area contributed by atoms with Crippen molar-refractivity contribution in [3.05, 3.63) is 60.0 Å². The standard InChI is InChI=1S/C24H29N7O4S/c1-30(2)14-21-28-22(15-31(21)3)36(34,35)29-24-23(25-18-8-4-5-9-19(18)26-24)27-20-13-17(33)11-10-16(20)7-6-12-32/h4-5,8-11,13,15,32-33H,6-7,12,14H2,1-3H3,(H,25,27)(H,26,29). The summed E-state index contributed by atoms with van der Waals surface area (Å²) >= 11 is 0. The molecule has 0 aliphatic rings. The first kappa shape index (κ1) is 25.4. The van der Waals surface area contributed by atoms with E-state index >= 15 is 0 Å². The molecule has 0 aliphatic heterocycles. The quantitative estimate of drug-likeness (QED) is 0.252. The number of phenolic OH excluding ortho intramolecular Hbond substituents is 1. The van der Waals surface area contributed by atoms with Crippen LogP contribution < -0.4 is 10.0 Å². The maximum Gasteiger partial charge on any atom is 0.282 e. The Bertz CT molecular complexity index is 1490. The highest BCUT2D eigenvalue weighted by atomic mass is 32.2. The lowest BCUT2D eigenvalue weighted by Gasteiger charge is -2.16. The van der Waals surface area contributed by atoms with Crippen molar-refractivity contribution in [3.63, 3.8) is 0 Å². The van der Waals surface area contributed by atoms with Crippen LogP contribution in [0.1, 0.15) is 17.8 Å². The van der Waals surface area contributed by atoms with E-state index in [4.69, 9.17) is 0 Å². The summed E-state index contributed by atoms with van der Waals surface area (Å²) in [7, 11) is 1.40. The van der Waals surface area contributed by atoms with Crippen LogP contribution in [0.5, 0.6) is 5.75 Å². The Balaban J connectivity index is 1.75. The Labute approximate surface area is 209 Å². The molecule has 12 heteroatoms. The molecule has 2 aromatic carbocycles. The van der Waals surface area contributed by atoms with Gasteiger partial charge in [-0.15, -0.1) is 0 Å². The lowest BCUT2D eigenvalue weighted by atomic mass is 10.1. The molecule has 11 nitrogen and oxygen atoms in total. The number of hydrogen-bond donors (Lipinski definition) is 4. The number of imidazole rings is 1. The van der Waals surface area contributed by atoms with Crippen LogP contribution in [0.15, 0.2) is 53.7 Å². The molecule has 0 spiro atoms. The van der Waals surface area contributed by atoms with Crippen LogP contribution in [0.3, 0.4) is 0 Å². The van der Waals surface area contributed by atoms with Crippen molar-refractivity contribution in [1.29, 1.82) is 0 Å². The molecule has 0 fully saturated rings. The summed E-state index contributed by atoms with van der Waals surface area (Å²) in [5.74, 6) is 0.780. The minimum Gasteiger partial charge on any atom is -0.508 e. The second kappa shape index (κ2) is 10.5. The highest BCUT2D eigenvalue weighted by molar-refractivity contribution is 7.92. The minimum absolute atomic E-state index is 0.00929. The van der Waals surface area contributed by atoms with Gasteiger partial charge >= 0.3 is 0 Å². The number of aromatic hydroxyl groups is 1. The predicted molar refractivity (Wildman–Crippen MR) is 138 cm³/mol. The number of benzene rings is 2. The van der Waals surface area contributed by atoms with E-state index in [-0.39, 0.29) is 29.0 Å². The van der Waals surface area contributed by atoms with Crippen LogP contribution in [0, 0.1) is 0 Å². The molecular weight excluding hydrogens is 482 g/mol. The molecule has 0 atom stereocenters. The molecule has 190 valence electrons. The molecule has 2 aromatic heterocycles. The number of aromatic nitrogens is 4. The first-order valence-electron chi connectivity index (χ1n) is 11.3. The SMILES string of the molecule is CN(C)Cc1nc(S(=O)(=O)Nc2nc3ccccc3nc2Nc2cc(O)ccc2CCCO)cn1C. The molecule has 4 aromatic rings. The van der Waals surface area contributed by atoms with Gasteiger partial charge in [-0.1, -0.05) is 18.2 Å². The normalized spacial score (nSPS) is 11.8. The van der Waals surface area contributed by atoms with E-state index in [0.717, 1.165) is 5.56 Å². The smallest absolute Gasteiger partial charge is 0.282 e. The van der Waals surface area contributed by atoms with E-state index in [1.165, 1.54) is 12.3 Å². The number of nitrogens with one attached hydrogen (secondary N) is 2. The number of phenols is 1. The van der Waals surface area contributed by atoms with Crippen molar-refractivity contribution >= 4 is 38.4 Å². The second-order valence-electron chi connectivity index (χ2n) is 8.65. The topological polar surface area (TPSA) is 146 Å². The van der Waals surface area contributed by atoms with Crippen molar-refractivity contribution in [2.45, 2.75) is 24.4 Å². The van der Waals surface area contributed by atoms with Crippen LogP contribution in [0.25, 0.3) is 11.0 Å². The second-order valence-corrected chi connectivity index (χ2v) is 10.3. The summed E-state index contributed by atoms with van der Waals surface area (Å²) < 4.78 is 30.8. The molecule has 36 heavy (non-hydrogen) atoms. The van der Waals surface area contributed by atoms with Crippen LogP contribution in [-0.2, 0) is 30.0 Å². The van der Waals surface area contributed by atoms with Gasteiger partial charge in [0.2, 0.25) is 0 Å². The molecule has 4 rings (SSSR count). The maximum absolute atomic E-state index is 13.3. The van der Waals surface area contributed by atoms with Crippen molar-refractivity contribution in [1.82, 2.24) is 24.4 Å². The third kappa shape index (κ3) is 5.73. The molecule has 2 heterocycles. The predicted octanol–water partition coefficient (Wildman–Crippen LogP) is 2.60. The number of rotatable bonds is 10. The molecular formula is C24H29N7O4S. The number of anilines is 3. The van der Waals surface area contributed by atoms with E-state index in [2.05, 4.69) is 25.0 Å². The Morgan fingerprint density at radius 1 is 1.03 bits per heavy atom. The third-order valence-electron chi connectivity index (χ3n) is 5.44. The van der Waals surface area contributed by atoms with Gasteiger partial charge in [-0.25, -0.2) is 15.0 Å². The molecule has 4 N–H and O–H groups in total. The first-order chi connectivity index (χ1) is 17.2. The fourth-order valence-corrected chi connectivity index (χ4v) is 4.69. The number of aliphatic hydroxyl groups is 1. The van der Waals surface area contributed by atoms with Crippen molar-refractivity contribution < 1.29 is 18.6 Å². The summed E-state index contributed by atoms with van der Waals surface area (Å²) in [5, 5.41) is 22.3. The van der Waals surface area contributed by atoms with E-state index < -0.39 is 10.0 Å². The molecule has 0 aliphatic carbocycles. The Kier molecular flexibility index (Phi) is 7.38. The number of nitrogens with zero attached hydrogens (tertiary/aromatic N) is 5. The first-order valence-corrected chi connectivity index (χ1v) is 12.8. The zero-order valence-electron chi connectivity index (χ0n) is 20.3. The fraction of sp³-hybridized carbons (Fsp3) is 0.292. The molecule has 0 unspecified atom stereocenters. The van der Waals surface area contributed by atoms with Gasteiger partial charge in [-0.2, -0.15) is 8.42 Å². The molecule has 0 bridgehead atoms. The highest BCUT2D eigenvalue weighted by Crippen LogP contribution is 2.31. The van der Waals surface area contributed by atoms with Crippen LogP contribution in [0.2, 0.25) is 0 Å². The fourth-order valence-electron chi connectivity index (χ4n) is 3.67. The van der Waals surface area contributed by atoms with Gasteiger partial charge in [-0.05, 0) is 50.7 Å². The van der Waals surface area contributed by atoms with Crippen LogP contribution in [-0.4, -0.2) is 63.8 Å². The number of aliphatic hydroxyl groups excluding tert-OH is 1. The number of sulfonamides is 1. The number of para-hydroxylation sites is 2. The lowest BCUT2D eigenvalue weighted by molar-refractivity contribution is 0.288. The Morgan fingerprint density at radius 3 is 2.39 bits per heavy atom. The molecule has 0 saturated carbocycles. The summed E-state index contributed by atoms with van der Waals surface area (Å²) in [5.41, 5.74) is 2.42. The van der Waals surface area contributed by atoms with Crippen molar-refractivity contribution in [2.24, 2.45) is 7.05 Å². The van der Waals surface area contributed by atoms with Crippen molar-refractivity contribution in [2.75, 3.05) is 30.7 Å². The molecule has 0 radical (unpaired) electrons. The zero-order valence-corrected chi connectivity index (χ0v) is 21.1. The monoisotopic (exact) mass is 511 g/mol. The number of aryl methyl sites for hydroxylation is 2. The minimum atomic E-state index is -4.09. The third-order valence-corrected chi connectivity index (χ3v) is 6.65. The van der Waals surface area contributed by atoms with Gasteiger partial charge in [0.1, 0.15) is 11.6 Å².